The van der Waals surface area contributed by atoms with E-state index in [2.05, 4.69) is 19.2 Å². The predicted octanol–water partition coefficient (Wildman–Crippen LogP) is 2.30. The molecule has 1 nitrogen and oxygen atoms in total. The highest BCUT2D eigenvalue weighted by Gasteiger charge is 1.92. The van der Waals surface area contributed by atoms with Crippen LogP contribution in [0.2, 0.25) is 0 Å². The monoisotopic (exact) mass is 127 g/mol. The van der Waals surface area contributed by atoms with Gasteiger partial charge in [-0.3, -0.25) is 0 Å². The molecule has 0 saturated heterocycles. The van der Waals surface area contributed by atoms with Crippen molar-refractivity contribution in [3.05, 3.63) is 12.3 Å². The van der Waals surface area contributed by atoms with E-state index in [1.54, 1.807) is 0 Å². The van der Waals surface area contributed by atoms with Crippen molar-refractivity contribution in [1.29, 1.82) is 0 Å². The van der Waals surface area contributed by atoms with Crippen molar-refractivity contribution < 1.29 is 0 Å². The van der Waals surface area contributed by atoms with E-state index >= 15 is 0 Å². The molecule has 0 radical (unpaired) electrons. The molecule has 1 atom stereocenters. The van der Waals surface area contributed by atoms with Crippen LogP contribution in [0.5, 0.6) is 0 Å². The van der Waals surface area contributed by atoms with Gasteiger partial charge in [0, 0.05) is 6.04 Å². The van der Waals surface area contributed by atoms with E-state index in [4.69, 9.17) is 0 Å². The van der Waals surface area contributed by atoms with Crippen LogP contribution in [0.25, 0.3) is 0 Å². The zero-order chi connectivity index (χ0) is 7.11. The Hall–Kier alpha value is -0.460. The Labute approximate surface area is 58.2 Å². The van der Waals surface area contributed by atoms with E-state index in [0.29, 0.717) is 6.04 Å². The Morgan fingerprint density at radius 1 is 1.56 bits per heavy atom. The quantitative estimate of drug-likeness (QED) is 0.611. The first-order valence-corrected chi connectivity index (χ1v) is 3.68. The van der Waals surface area contributed by atoms with Crippen LogP contribution in [0.1, 0.15) is 33.6 Å². The summed E-state index contributed by atoms with van der Waals surface area (Å²) in [4.78, 5) is 0. The van der Waals surface area contributed by atoms with Crippen LogP contribution in [0.15, 0.2) is 12.3 Å². The van der Waals surface area contributed by atoms with Crippen molar-refractivity contribution in [2.24, 2.45) is 0 Å². The van der Waals surface area contributed by atoms with Crippen molar-refractivity contribution in [3.63, 3.8) is 0 Å². The SMILES string of the molecule is C/C=C/NC(C)CCC. The zero-order valence-electron chi connectivity index (χ0n) is 6.65. The fourth-order valence-corrected chi connectivity index (χ4v) is 0.777. The molecule has 0 heterocycles. The molecule has 0 rings (SSSR count). The summed E-state index contributed by atoms with van der Waals surface area (Å²) in [5, 5.41) is 3.25. The van der Waals surface area contributed by atoms with Crippen LogP contribution in [0, 0.1) is 0 Å². The van der Waals surface area contributed by atoms with E-state index in [1.165, 1.54) is 12.8 Å². The van der Waals surface area contributed by atoms with Crippen molar-refractivity contribution in [2.45, 2.75) is 39.7 Å². The molecular weight excluding hydrogens is 110 g/mol. The molecular formula is C8H17N. The summed E-state index contributed by atoms with van der Waals surface area (Å²) in [7, 11) is 0. The maximum Gasteiger partial charge on any atom is 0.0227 e. The first kappa shape index (κ1) is 8.54. The van der Waals surface area contributed by atoms with Crippen LogP contribution in [-0.2, 0) is 0 Å². The van der Waals surface area contributed by atoms with Crippen molar-refractivity contribution >= 4 is 0 Å². The molecule has 1 N–H and O–H groups in total. The highest BCUT2D eigenvalue weighted by molar-refractivity contribution is 4.77. The van der Waals surface area contributed by atoms with Gasteiger partial charge in [0.05, 0.1) is 0 Å². The Bertz CT molecular complexity index is 76.6. The van der Waals surface area contributed by atoms with Gasteiger partial charge in [-0.05, 0) is 26.5 Å². The lowest BCUT2D eigenvalue weighted by atomic mass is 10.2. The number of hydrogen-bond donors (Lipinski definition) is 1. The van der Waals surface area contributed by atoms with Gasteiger partial charge in [0.15, 0.2) is 0 Å². The lowest BCUT2D eigenvalue weighted by Gasteiger charge is -2.08. The summed E-state index contributed by atoms with van der Waals surface area (Å²) in [6.07, 6.45) is 6.53. The molecule has 0 aliphatic rings. The van der Waals surface area contributed by atoms with Crippen LogP contribution in [-0.4, -0.2) is 6.04 Å². The summed E-state index contributed by atoms with van der Waals surface area (Å²) in [5.74, 6) is 0. The summed E-state index contributed by atoms with van der Waals surface area (Å²) in [5.41, 5.74) is 0. The third-order valence-corrected chi connectivity index (χ3v) is 1.27. The Morgan fingerprint density at radius 3 is 2.67 bits per heavy atom. The maximum atomic E-state index is 3.25. The van der Waals surface area contributed by atoms with Gasteiger partial charge in [0.1, 0.15) is 0 Å². The number of hydrogen-bond acceptors (Lipinski definition) is 1. The predicted molar refractivity (Wildman–Crippen MR) is 42.3 cm³/mol. The summed E-state index contributed by atoms with van der Waals surface area (Å²) in [6, 6.07) is 0.631. The molecule has 1 unspecified atom stereocenters. The summed E-state index contributed by atoms with van der Waals surface area (Å²) < 4.78 is 0. The van der Waals surface area contributed by atoms with Gasteiger partial charge in [-0.25, -0.2) is 0 Å². The number of allylic oxidation sites excluding steroid dienone is 1. The van der Waals surface area contributed by atoms with Crippen molar-refractivity contribution in [1.82, 2.24) is 5.32 Å². The van der Waals surface area contributed by atoms with Crippen LogP contribution in [0.3, 0.4) is 0 Å². The fourth-order valence-electron chi connectivity index (χ4n) is 0.777. The molecule has 0 bridgehead atoms. The highest BCUT2D eigenvalue weighted by atomic mass is 14.9. The first-order valence-electron chi connectivity index (χ1n) is 3.68. The van der Waals surface area contributed by atoms with E-state index in [-0.39, 0.29) is 0 Å². The molecule has 0 aromatic heterocycles. The van der Waals surface area contributed by atoms with Gasteiger partial charge in [-0.15, -0.1) is 0 Å². The fraction of sp³-hybridized carbons (Fsp3) is 0.750. The van der Waals surface area contributed by atoms with E-state index < -0.39 is 0 Å². The van der Waals surface area contributed by atoms with E-state index in [9.17, 15) is 0 Å². The second kappa shape index (κ2) is 5.67. The highest BCUT2D eigenvalue weighted by Crippen LogP contribution is 1.93. The van der Waals surface area contributed by atoms with Crippen molar-refractivity contribution in [3.8, 4) is 0 Å². The molecule has 0 fully saturated rings. The Balaban J connectivity index is 3.15. The van der Waals surface area contributed by atoms with Gasteiger partial charge in [-0.1, -0.05) is 19.4 Å². The lowest BCUT2D eigenvalue weighted by molar-refractivity contribution is 0.578. The van der Waals surface area contributed by atoms with E-state index in [0.717, 1.165) is 0 Å². The molecule has 0 aliphatic heterocycles. The third-order valence-electron chi connectivity index (χ3n) is 1.27. The van der Waals surface area contributed by atoms with Crippen LogP contribution < -0.4 is 5.32 Å². The first-order chi connectivity index (χ1) is 4.31. The number of nitrogens with one attached hydrogen (secondary N) is 1. The third kappa shape index (κ3) is 5.41. The van der Waals surface area contributed by atoms with Crippen molar-refractivity contribution in [2.75, 3.05) is 0 Å². The standard InChI is InChI=1S/C8H17N/c1-4-6-8(3)9-7-5-2/h5,7-9H,4,6H2,1-3H3/b7-5+. The largest absolute Gasteiger partial charge is 0.389 e. The minimum Gasteiger partial charge on any atom is -0.389 e. The summed E-state index contributed by atoms with van der Waals surface area (Å²) >= 11 is 0. The second-order valence-corrected chi connectivity index (χ2v) is 2.36. The maximum absolute atomic E-state index is 3.25. The molecule has 0 aliphatic carbocycles. The van der Waals surface area contributed by atoms with Gasteiger partial charge in [0.2, 0.25) is 0 Å². The average Bonchev–Trinajstić information content (AvgIpc) is 1.85. The van der Waals surface area contributed by atoms with E-state index in [1.807, 2.05) is 19.2 Å². The van der Waals surface area contributed by atoms with Gasteiger partial charge < -0.3 is 5.32 Å². The smallest absolute Gasteiger partial charge is 0.0227 e. The summed E-state index contributed by atoms with van der Waals surface area (Å²) in [6.45, 7) is 6.42. The average molecular weight is 127 g/mol. The minimum absolute atomic E-state index is 0.631. The number of rotatable bonds is 4. The molecule has 0 amide bonds. The lowest BCUT2D eigenvalue weighted by Crippen LogP contribution is -2.19. The molecule has 0 aromatic carbocycles. The minimum atomic E-state index is 0.631. The topological polar surface area (TPSA) is 12.0 Å². The van der Waals surface area contributed by atoms with Gasteiger partial charge >= 0.3 is 0 Å². The normalized spacial score (nSPS) is 14.1. The molecule has 0 aromatic rings. The van der Waals surface area contributed by atoms with Gasteiger partial charge in [-0.2, -0.15) is 0 Å². The molecule has 1 heteroatoms. The Kier molecular flexibility index (Phi) is 5.38. The van der Waals surface area contributed by atoms with Crippen LogP contribution >= 0.6 is 0 Å². The molecule has 0 spiro atoms. The Morgan fingerprint density at radius 2 is 2.22 bits per heavy atom. The molecule has 54 valence electrons. The molecule has 9 heavy (non-hydrogen) atoms. The zero-order valence-corrected chi connectivity index (χ0v) is 6.65. The molecule has 0 saturated carbocycles. The van der Waals surface area contributed by atoms with Gasteiger partial charge in [0.25, 0.3) is 0 Å². The second-order valence-electron chi connectivity index (χ2n) is 2.36. The van der Waals surface area contributed by atoms with Crippen LogP contribution in [0.4, 0.5) is 0 Å².